The van der Waals surface area contributed by atoms with Gasteiger partial charge in [-0.2, -0.15) is 15.3 Å². The van der Waals surface area contributed by atoms with E-state index in [9.17, 15) is 0 Å². The van der Waals surface area contributed by atoms with Gasteiger partial charge in [-0.05, 0) is 37.5 Å². The van der Waals surface area contributed by atoms with Gasteiger partial charge in [-0.15, -0.1) is 0 Å². The largest absolute Gasteiger partial charge is 0.324 e. The minimum atomic E-state index is 0.369. The standard InChI is InChI=1S/C19H18ClN7/c1-11-17(20)24-19(22-14-6-2-12(3-7-14)8-9-21)25-18(11)23-16-10-15(26-27-16)13-4-5-13/h2-3,6-7,10,13H,4-5,8H2,1H3,(H3,22,23,24,25,26,27). The summed E-state index contributed by atoms with van der Waals surface area (Å²) in [6, 6.07) is 11.7. The van der Waals surface area contributed by atoms with Gasteiger partial charge in [-0.3, -0.25) is 5.10 Å². The monoisotopic (exact) mass is 379 g/mol. The molecule has 0 bridgehead atoms. The van der Waals surface area contributed by atoms with E-state index in [1.165, 1.54) is 12.8 Å². The average Bonchev–Trinajstić information content (AvgIpc) is 3.41. The van der Waals surface area contributed by atoms with Gasteiger partial charge in [0.15, 0.2) is 5.82 Å². The van der Waals surface area contributed by atoms with Crippen molar-refractivity contribution in [3.8, 4) is 6.07 Å². The molecule has 0 atom stereocenters. The summed E-state index contributed by atoms with van der Waals surface area (Å²) >= 11 is 6.29. The van der Waals surface area contributed by atoms with Crippen molar-refractivity contribution in [2.45, 2.75) is 32.1 Å². The Balaban J connectivity index is 1.53. The average molecular weight is 380 g/mol. The maximum atomic E-state index is 8.75. The molecule has 0 amide bonds. The molecule has 1 saturated carbocycles. The van der Waals surface area contributed by atoms with Crippen molar-refractivity contribution in [3.05, 3.63) is 52.3 Å². The first-order valence-electron chi connectivity index (χ1n) is 8.72. The lowest BCUT2D eigenvalue weighted by atomic mass is 10.1. The van der Waals surface area contributed by atoms with Crippen LogP contribution in [0, 0.1) is 18.3 Å². The van der Waals surface area contributed by atoms with Gasteiger partial charge in [0.05, 0.1) is 12.5 Å². The Bertz CT molecular complexity index is 1000. The molecule has 7 nitrogen and oxygen atoms in total. The summed E-state index contributed by atoms with van der Waals surface area (Å²) < 4.78 is 0. The zero-order valence-electron chi connectivity index (χ0n) is 14.8. The number of nitrogens with one attached hydrogen (secondary N) is 3. The molecule has 1 aliphatic rings. The van der Waals surface area contributed by atoms with Crippen LogP contribution in [0.15, 0.2) is 30.3 Å². The van der Waals surface area contributed by atoms with Crippen LogP contribution in [-0.2, 0) is 6.42 Å². The van der Waals surface area contributed by atoms with Gasteiger partial charge in [0.1, 0.15) is 11.0 Å². The predicted octanol–water partition coefficient (Wildman–Crippen LogP) is 4.59. The van der Waals surface area contributed by atoms with E-state index >= 15 is 0 Å². The number of anilines is 4. The fraction of sp³-hybridized carbons (Fsp3) is 0.263. The third-order valence-electron chi connectivity index (χ3n) is 4.44. The molecule has 3 N–H and O–H groups in total. The number of nitriles is 1. The number of aromatic amines is 1. The summed E-state index contributed by atoms with van der Waals surface area (Å²) in [5.74, 6) is 2.30. The van der Waals surface area contributed by atoms with E-state index in [1.807, 2.05) is 37.3 Å². The minimum Gasteiger partial charge on any atom is -0.324 e. The molecule has 27 heavy (non-hydrogen) atoms. The Morgan fingerprint density at radius 2 is 2.00 bits per heavy atom. The van der Waals surface area contributed by atoms with Crippen molar-refractivity contribution in [1.29, 1.82) is 5.26 Å². The molecule has 0 spiro atoms. The number of nitrogens with zero attached hydrogens (tertiary/aromatic N) is 4. The van der Waals surface area contributed by atoms with Crippen LogP contribution in [0.1, 0.15) is 35.6 Å². The van der Waals surface area contributed by atoms with Crippen LogP contribution in [0.25, 0.3) is 0 Å². The molecule has 8 heteroatoms. The molecule has 3 aromatic rings. The third kappa shape index (κ3) is 4.01. The number of H-pyrrole nitrogens is 1. The summed E-state index contributed by atoms with van der Waals surface area (Å²) in [6.45, 7) is 1.86. The smallest absolute Gasteiger partial charge is 0.230 e. The van der Waals surface area contributed by atoms with Gasteiger partial charge < -0.3 is 10.6 Å². The number of benzene rings is 1. The number of halogens is 1. The summed E-state index contributed by atoms with van der Waals surface area (Å²) in [4.78, 5) is 8.82. The molecule has 2 aromatic heterocycles. The van der Waals surface area contributed by atoms with Crippen molar-refractivity contribution in [1.82, 2.24) is 20.2 Å². The van der Waals surface area contributed by atoms with Crippen LogP contribution in [-0.4, -0.2) is 20.2 Å². The maximum absolute atomic E-state index is 8.75. The van der Waals surface area contributed by atoms with Crippen LogP contribution in [0.4, 0.5) is 23.3 Å². The lowest BCUT2D eigenvalue weighted by molar-refractivity contribution is 0.966. The number of rotatable bonds is 6. The number of hydrogen-bond donors (Lipinski definition) is 3. The highest BCUT2D eigenvalue weighted by Crippen LogP contribution is 2.39. The van der Waals surface area contributed by atoms with Crippen LogP contribution in [0.3, 0.4) is 0 Å². The predicted molar refractivity (Wildman–Crippen MR) is 105 cm³/mol. The van der Waals surface area contributed by atoms with Crippen LogP contribution in [0.5, 0.6) is 0 Å². The quantitative estimate of drug-likeness (QED) is 0.541. The maximum Gasteiger partial charge on any atom is 0.230 e. The molecule has 0 saturated heterocycles. The van der Waals surface area contributed by atoms with Gasteiger partial charge in [-0.25, -0.2) is 4.98 Å². The van der Waals surface area contributed by atoms with Gasteiger partial charge in [0, 0.05) is 28.9 Å². The van der Waals surface area contributed by atoms with E-state index < -0.39 is 0 Å². The molecule has 136 valence electrons. The summed E-state index contributed by atoms with van der Waals surface area (Å²) in [7, 11) is 0. The molecule has 4 rings (SSSR count). The normalized spacial score (nSPS) is 13.2. The molecule has 1 aromatic carbocycles. The molecular weight excluding hydrogens is 362 g/mol. The van der Waals surface area contributed by atoms with E-state index in [4.69, 9.17) is 16.9 Å². The highest BCUT2D eigenvalue weighted by atomic mass is 35.5. The summed E-state index contributed by atoms with van der Waals surface area (Å²) in [5.41, 5.74) is 3.67. The van der Waals surface area contributed by atoms with E-state index in [0.717, 1.165) is 22.5 Å². The second-order valence-corrected chi connectivity index (χ2v) is 6.93. The lowest BCUT2D eigenvalue weighted by Crippen LogP contribution is -2.04. The summed E-state index contributed by atoms with van der Waals surface area (Å²) in [5, 5.41) is 22.8. The van der Waals surface area contributed by atoms with Crippen molar-refractivity contribution in [2.24, 2.45) is 0 Å². The molecule has 1 fully saturated rings. The third-order valence-corrected chi connectivity index (χ3v) is 4.81. The van der Waals surface area contributed by atoms with Crippen molar-refractivity contribution in [3.63, 3.8) is 0 Å². The van der Waals surface area contributed by atoms with Crippen molar-refractivity contribution >= 4 is 34.9 Å². The van der Waals surface area contributed by atoms with E-state index in [-0.39, 0.29) is 0 Å². The van der Waals surface area contributed by atoms with Crippen LogP contribution in [0.2, 0.25) is 5.15 Å². The first-order chi connectivity index (χ1) is 13.1. The fourth-order valence-electron chi connectivity index (χ4n) is 2.72. The van der Waals surface area contributed by atoms with E-state index in [2.05, 4.69) is 36.9 Å². The van der Waals surface area contributed by atoms with Crippen LogP contribution < -0.4 is 10.6 Å². The molecule has 1 aliphatic carbocycles. The van der Waals surface area contributed by atoms with E-state index in [1.54, 1.807) is 0 Å². The minimum absolute atomic E-state index is 0.369. The number of aromatic nitrogens is 4. The first kappa shape index (κ1) is 17.3. The van der Waals surface area contributed by atoms with Gasteiger partial charge in [0.25, 0.3) is 0 Å². The highest BCUT2D eigenvalue weighted by Gasteiger charge is 2.25. The molecule has 0 aliphatic heterocycles. The Morgan fingerprint density at radius 1 is 1.22 bits per heavy atom. The zero-order valence-corrected chi connectivity index (χ0v) is 15.5. The second-order valence-electron chi connectivity index (χ2n) is 6.58. The van der Waals surface area contributed by atoms with Crippen LogP contribution >= 0.6 is 11.6 Å². The topological polar surface area (TPSA) is 102 Å². The fourth-order valence-corrected chi connectivity index (χ4v) is 2.89. The number of hydrogen-bond acceptors (Lipinski definition) is 6. The highest BCUT2D eigenvalue weighted by molar-refractivity contribution is 6.30. The first-order valence-corrected chi connectivity index (χ1v) is 9.09. The van der Waals surface area contributed by atoms with Crippen molar-refractivity contribution in [2.75, 3.05) is 10.6 Å². The Labute approximate surface area is 161 Å². The zero-order chi connectivity index (χ0) is 18.8. The molecular formula is C19H18ClN7. The SMILES string of the molecule is Cc1c(Cl)nc(Nc2ccc(CC#N)cc2)nc1Nc1cc(C2CC2)[nH]n1. The Kier molecular flexibility index (Phi) is 4.65. The van der Waals surface area contributed by atoms with E-state index in [0.29, 0.717) is 35.1 Å². The van der Waals surface area contributed by atoms with Gasteiger partial charge >= 0.3 is 0 Å². The molecule has 0 radical (unpaired) electrons. The lowest BCUT2D eigenvalue weighted by Gasteiger charge is -2.11. The Morgan fingerprint density at radius 3 is 2.70 bits per heavy atom. The summed E-state index contributed by atoms with van der Waals surface area (Å²) in [6.07, 6.45) is 2.80. The van der Waals surface area contributed by atoms with Gasteiger partial charge in [-0.1, -0.05) is 23.7 Å². The second kappa shape index (κ2) is 7.25. The van der Waals surface area contributed by atoms with Gasteiger partial charge in [0.2, 0.25) is 5.95 Å². The Hall–Kier alpha value is -3.11. The van der Waals surface area contributed by atoms with Crippen molar-refractivity contribution < 1.29 is 0 Å². The molecule has 0 unspecified atom stereocenters. The molecule has 2 heterocycles.